The van der Waals surface area contributed by atoms with Crippen LogP contribution in [0.2, 0.25) is 0 Å². The first-order chi connectivity index (χ1) is 10.7. The summed E-state index contributed by atoms with van der Waals surface area (Å²) in [5.41, 5.74) is 0.815. The average Bonchev–Trinajstić information content (AvgIpc) is 3.23. The number of methoxy groups -OCH3 is 1. The third kappa shape index (κ3) is 3.59. The number of aromatic nitrogens is 2. The smallest absolute Gasteiger partial charge is 0.277 e. The lowest BCUT2D eigenvalue weighted by atomic mass is 10.2. The first kappa shape index (κ1) is 14.9. The Labute approximate surface area is 132 Å². The fourth-order valence-corrected chi connectivity index (χ4v) is 2.55. The number of carbonyl (C=O) groups is 1. The van der Waals surface area contributed by atoms with Crippen molar-refractivity contribution in [2.24, 2.45) is 0 Å². The lowest BCUT2D eigenvalue weighted by molar-refractivity contribution is -0.120. The Morgan fingerprint density at radius 3 is 2.73 bits per heavy atom. The summed E-state index contributed by atoms with van der Waals surface area (Å²) in [5, 5.41) is 11.1. The molecule has 3 rings (SSSR count). The molecule has 1 amide bonds. The first-order valence-corrected chi connectivity index (χ1v) is 7.98. The van der Waals surface area contributed by atoms with Gasteiger partial charge in [-0.15, -0.1) is 10.2 Å². The van der Waals surface area contributed by atoms with Crippen LogP contribution < -0.4 is 10.1 Å². The highest BCUT2D eigenvalue weighted by atomic mass is 32.2. The summed E-state index contributed by atoms with van der Waals surface area (Å²) in [6.45, 7) is 1.83. The maximum absolute atomic E-state index is 11.9. The lowest BCUT2D eigenvalue weighted by Gasteiger charge is -2.08. The van der Waals surface area contributed by atoms with Crippen molar-refractivity contribution in [2.45, 2.75) is 36.3 Å². The summed E-state index contributed by atoms with van der Waals surface area (Å²) in [7, 11) is 1.62. The second kappa shape index (κ2) is 6.39. The Morgan fingerprint density at radius 1 is 1.36 bits per heavy atom. The molecular formula is C15H17N3O3S. The third-order valence-electron chi connectivity index (χ3n) is 3.31. The molecule has 1 atom stereocenters. The summed E-state index contributed by atoms with van der Waals surface area (Å²) in [6.07, 6.45) is 2.15. The number of thioether (sulfide) groups is 1. The zero-order chi connectivity index (χ0) is 15.5. The zero-order valence-electron chi connectivity index (χ0n) is 12.4. The van der Waals surface area contributed by atoms with Gasteiger partial charge in [-0.05, 0) is 44.0 Å². The standard InChI is InChI=1S/C15H17N3O3S/c1-9(13(19)16-11-5-6-11)22-15-18-17-14(21-15)10-3-7-12(20-2)8-4-10/h3-4,7-9,11H,5-6H2,1-2H3,(H,16,19)/t9-/m1/s1. The summed E-state index contributed by atoms with van der Waals surface area (Å²) in [4.78, 5) is 11.9. The van der Waals surface area contributed by atoms with Crippen LogP contribution in [0.25, 0.3) is 11.5 Å². The van der Waals surface area contributed by atoms with Crippen molar-refractivity contribution >= 4 is 17.7 Å². The van der Waals surface area contributed by atoms with Gasteiger partial charge < -0.3 is 14.5 Å². The van der Waals surface area contributed by atoms with Crippen molar-refractivity contribution in [3.63, 3.8) is 0 Å². The Balaban J connectivity index is 1.63. The molecule has 22 heavy (non-hydrogen) atoms. The maximum atomic E-state index is 11.9. The summed E-state index contributed by atoms with van der Waals surface area (Å²) >= 11 is 1.27. The van der Waals surface area contributed by atoms with Gasteiger partial charge in [0, 0.05) is 11.6 Å². The van der Waals surface area contributed by atoms with Gasteiger partial charge in [-0.3, -0.25) is 4.79 Å². The monoisotopic (exact) mass is 319 g/mol. The summed E-state index contributed by atoms with van der Waals surface area (Å²) in [6, 6.07) is 7.72. The van der Waals surface area contributed by atoms with Gasteiger partial charge in [-0.2, -0.15) is 0 Å². The van der Waals surface area contributed by atoms with E-state index in [1.54, 1.807) is 7.11 Å². The van der Waals surface area contributed by atoms with E-state index in [2.05, 4.69) is 15.5 Å². The number of hydrogen-bond donors (Lipinski definition) is 1. The molecule has 1 aliphatic rings. The number of rotatable bonds is 6. The summed E-state index contributed by atoms with van der Waals surface area (Å²) in [5.74, 6) is 1.21. The van der Waals surface area contributed by atoms with Gasteiger partial charge in [-0.1, -0.05) is 11.8 Å². The van der Waals surface area contributed by atoms with Crippen molar-refractivity contribution < 1.29 is 13.9 Å². The van der Waals surface area contributed by atoms with Crippen molar-refractivity contribution in [3.05, 3.63) is 24.3 Å². The molecule has 0 spiro atoms. The van der Waals surface area contributed by atoms with E-state index < -0.39 is 0 Å². The quantitative estimate of drug-likeness (QED) is 0.824. The maximum Gasteiger partial charge on any atom is 0.277 e. The van der Waals surface area contributed by atoms with Gasteiger partial charge in [0.25, 0.3) is 5.22 Å². The number of benzene rings is 1. The molecule has 2 aromatic rings. The minimum atomic E-state index is -0.259. The molecule has 1 aromatic carbocycles. The first-order valence-electron chi connectivity index (χ1n) is 7.10. The highest BCUT2D eigenvalue weighted by Gasteiger charge is 2.27. The molecule has 116 valence electrons. The van der Waals surface area contributed by atoms with Crippen LogP contribution in [-0.4, -0.2) is 34.5 Å². The SMILES string of the molecule is COc1ccc(-c2nnc(S[C@H](C)C(=O)NC3CC3)o2)cc1. The topological polar surface area (TPSA) is 77.2 Å². The third-order valence-corrected chi connectivity index (χ3v) is 4.25. The summed E-state index contributed by atoms with van der Waals surface area (Å²) < 4.78 is 10.7. The molecule has 0 unspecified atom stereocenters. The van der Waals surface area contributed by atoms with Crippen molar-refractivity contribution in [3.8, 4) is 17.2 Å². The van der Waals surface area contributed by atoms with E-state index in [1.807, 2.05) is 31.2 Å². The second-order valence-electron chi connectivity index (χ2n) is 5.14. The number of nitrogens with one attached hydrogen (secondary N) is 1. The highest BCUT2D eigenvalue weighted by molar-refractivity contribution is 8.00. The normalized spacial score (nSPS) is 15.4. The number of ether oxygens (including phenoxy) is 1. The minimum absolute atomic E-state index is 0.0108. The van der Waals surface area contributed by atoms with Crippen molar-refractivity contribution in [2.75, 3.05) is 7.11 Å². The molecule has 1 aromatic heterocycles. The Bertz CT molecular complexity index is 652. The zero-order valence-corrected chi connectivity index (χ0v) is 13.2. The average molecular weight is 319 g/mol. The molecule has 1 heterocycles. The van der Waals surface area contributed by atoms with E-state index >= 15 is 0 Å². The number of carbonyl (C=O) groups excluding carboxylic acids is 1. The van der Waals surface area contributed by atoms with E-state index in [-0.39, 0.29) is 11.2 Å². The lowest BCUT2D eigenvalue weighted by Crippen LogP contribution is -2.32. The molecule has 7 heteroatoms. The van der Waals surface area contributed by atoms with Gasteiger partial charge in [0.2, 0.25) is 11.8 Å². The van der Waals surface area contributed by atoms with E-state index in [4.69, 9.17) is 9.15 Å². The van der Waals surface area contributed by atoms with E-state index in [0.29, 0.717) is 17.2 Å². The van der Waals surface area contributed by atoms with Crippen molar-refractivity contribution in [1.82, 2.24) is 15.5 Å². The predicted octanol–water partition coefficient (Wildman–Crippen LogP) is 2.50. The largest absolute Gasteiger partial charge is 0.497 e. The van der Waals surface area contributed by atoms with E-state index in [9.17, 15) is 4.79 Å². The van der Waals surface area contributed by atoms with Gasteiger partial charge >= 0.3 is 0 Å². The van der Waals surface area contributed by atoms with Gasteiger partial charge in [0.05, 0.1) is 12.4 Å². The van der Waals surface area contributed by atoms with Crippen LogP contribution in [0.1, 0.15) is 19.8 Å². The molecule has 0 radical (unpaired) electrons. The second-order valence-corrected chi connectivity index (χ2v) is 6.44. The molecule has 6 nitrogen and oxygen atoms in total. The number of nitrogens with zero attached hydrogens (tertiary/aromatic N) is 2. The minimum Gasteiger partial charge on any atom is -0.497 e. The van der Waals surface area contributed by atoms with Gasteiger partial charge in [0.1, 0.15) is 5.75 Å². The number of hydrogen-bond acceptors (Lipinski definition) is 6. The van der Waals surface area contributed by atoms with E-state index in [1.165, 1.54) is 11.8 Å². The fourth-order valence-electron chi connectivity index (χ4n) is 1.86. The molecule has 1 N–H and O–H groups in total. The molecule has 1 aliphatic carbocycles. The molecule has 0 bridgehead atoms. The van der Waals surface area contributed by atoms with Crippen LogP contribution in [0, 0.1) is 0 Å². The van der Waals surface area contributed by atoms with Gasteiger partial charge in [-0.25, -0.2) is 0 Å². The number of amides is 1. The highest BCUT2D eigenvalue weighted by Crippen LogP contribution is 2.28. The Hall–Kier alpha value is -2.02. The van der Waals surface area contributed by atoms with Crippen LogP contribution in [0.3, 0.4) is 0 Å². The Kier molecular flexibility index (Phi) is 4.33. The molecule has 0 saturated heterocycles. The molecule has 1 saturated carbocycles. The molecular weight excluding hydrogens is 302 g/mol. The predicted molar refractivity (Wildman–Crippen MR) is 82.8 cm³/mol. The van der Waals surface area contributed by atoms with E-state index in [0.717, 1.165) is 24.2 Å². The molecule has 1 fully saturated rings. The van der Waals surface area contributed by atoms with Crippen LogP contribution in [0.15, 0.2) is 33.9 Å². The van der Waals surface area contributed by atoms with Crippen LogP contribution in [0.4, 0.5) is 0 Å². The van der Waals surface area contributed by atoms with Crippen molar-refractivity contribution in [1.29, 1.82) is 0 Å². The van der Waals surface area contributed by atoms with Crippen LogP contribution in [-0.2, 0) is 4.79 Å². The molecule has 0 aliphatic heterocycles. The van der Waals surface area contributed by atoms with Crippen LogP contribution in [0.5, 0.6) is 5.75 Å². The fraction of sp³-hybridized carbons (Fsp3) is 0.400. The van der Waals surface area contributed by atoms with Crippen LogP contribution >= 0.6 is 11.8 Å². The Morgan fingerprint density at radius 2 is 2.09 bits per heavy atom. The van der Waals surface area contributed by atoms with Gasteiger partial charge in [0.15, 0.2) is 0 Å².